The molecule has 0 radical (unpaired) electrons. The standard InChI is InChI=1S/C12H13N3O3S3/c13-11(19)5-8-1-3-10(4-2-8)21(17,18)14-6-9-7-20-12(16)15-9/h1-4,7,14H,5-6H2,(H2,13,19)(H,15,16). The molecular formula is C12H13N3O3S3. The lowest BCUT2D eigenvalue weighted by Gasteiger charge is -2.06. The second-order valence-electron chi connectivity index (χ2n) is 4.28. The zero-order valence-electron chi connectivity index (χ0n) is 10.8. The maximum atomic E-state index is 12.1. The summed E-state index contributed by atoms with van der Waals surface area (Å²) in [5.41, 5.74) is 6.81. The smallest absolute Gasteiger partial charge is 0.304 e. The second kappa shape index (κ2) is 6.48. The predicted octanol–water partition coefficient (Wildman–Crippen LogP) is 0.743. The fourth-order valence-electron chi connectivity index (χ4n) is 1.64. The Balaban J connectivity index is 2.08. The van der Waals surface area contributed by atoms with Crippen LogP contribution in [0.1, 0.15) is 11.3 Å². The summed E-state index contributed by atoms with van der Waals surface area (Å²) in [4.78, 5) is 13.8. The van der Waals surface area contributed by atoms with Gasteiger partial charge in [0, 0.05) is 17.5 Å². The molecule has 0 aliphatic carbocycles. The summed E-state index contributed by atoms with van der Waals surface area (Å²) in [5.74, 6) is 0. The maximum absolute atomic E-state index is 12.1. The van der Waals surface area contributed by atoms with Crippen molar-refractivity contribution in [3.8, 4) is 0 Å². The van der Waals surface area contributed by atoms with Crippen molar-refractivity contribution in [3.05, 3.63) is 50.6 Å². The average molecular weight is 343 g/mol. The molecule has 1 aromatic carbocycles. The van der Waals surface area contributed by atoms with Gasteiger partial charge in [0.25, 0.3) is 0 Å². The predicted molar refractivity (Wildman–Crippen MR) is 85.9 cm³/mol. The Hall–Kier alpha value is -1.55. The molecule has 0 saturated heterocycles. The number of thiocarbonyl (C=S) groups is 1. The molecule has 0 atom stereocenters. The number of hydrogen-bond acceptors (Lipinski definition) is 5. The highest BCUT2D eigenvalue weighted by Gasteiger charge is 2.14. The topological polar surface area (TPSA) is 105 Å². The number of rotatable bonds is 6. The lowest BCUT2D eigenvalue weighted by atomic mass is 10.1. The van der Waals surface area contributed by atoms with Gasteiger partial charge in [0.2, 0.25) is 10.0 Å². The van der Waals surface area contributed by atoms with Gasteiger partial charge in [0.05, 0.1) is 16.4 Å². The second-order valence-corrected chi connectivity index (χ2v) is 7.42. The van der Waals surface area contributed by atoms with E-state index in [-0.39, 0.29) is 16.3 Å². The Kier molecular flexibility index (Phi) is 4.88. The van der Waals surface area contributed by atoms with Crippen LogP contribution in [0.5, 0.6) is 0 Å². The summed E-state index contributed by atoms with van der Waals surface area (Å²) in [5, 5.41) is 1.58. The molecule has 9 heteroatoms. The summed E-state index contributed by atoms with van der Waals surface area (Å²) in [7, 11) is -3.63. The first kappa shape index (κ1) is 15.8. The van der Waals surface area contributed by atoms with Gasteiger partial charge in [-0.3, -0.25) is 4.79 Å². The van der Waals surface area contributed by atoms with Crippen molar-refractivity contribution in [2.24, 2.45) is 5.73 Å². The minimum Gasteiger partial charge on any atom is -0.393 e. The number of nitrogens with one attached hydrogen (secondary N) is 2. The first-order valence-corrected chi connectivity index (χ1v) is 8.67. The summed E-state index contributed by atoms with van der Waals surface area (Å²) < 4.78 is 26.6. The molecule has 0 fully saturated rings. The zero-order valence-corrected chi connectivity index (χ0v) is 13.3. The molecule has 2 aromatic rings. The van der Waals surface area contributed by atoms with Gasteiger partial charge < -0.3 is 10.7 Å². The minimum atomic E-state index is -3.63. The zero-order chi connectivity index (χ0) is 15.5. The first-order valence-electron chi connectivity index (χ1n) is 5.90. The number of thiazole rings is 1. The highest BCUT2D eigenvalue weighted by molar-refractivity contribution is 7.89. The van der Waals surface area contributed by atoms with Crippen LogP contribution in [-0.4, -0.2) is 18.4 Å². The average Bonchev–Trinajstić information content (AvgIpc) is 2.82. The quantitative estimate of drug-likeness (QED) is 0.671. The van der Waals surface area contributed by atoms with Crippen molar-refractivity contribution >= 4 is 38.6 Å². The van der Waals surface area contributed by atoms with E-state index in [0.717, 1.165) is 16.9 Å². The highest BCUT2D eigenvalue weighted by Crippen LogP contribution is 2.11. The van der Waals surface area contributed by atoms with E-state index in [0.29, 0.717) is 17.1 Å². The van der Waals surface area contributed by atoms with Gasteiger partial charge in [0.15, 0.2) is 0 Å². The van der Waals surface area contributed by atoms with Crippen LogP contribution in [0.25, 0.3) is 0 Å². The van der Waals surface area contributed by atoms with E-state index in [9.17, 15) is 13.2 Å². The Morgan fingerprint density at radius 1 is 1.33 bits per heavy atom. The van der Waals surface area contributed by atoms with Crippen LogP contribution >= 0.6 is 23.6 Å². The van der Waals surface area contributed by atoms with Gasteiger partial charge in [0.1, 0.15) is 0 Å². The molecule has 4 N–H and O–H groups in total. The Bertz CT molecular complexity index is 791. The molecule has 0 aliphatic rings. The monoisotopic (exact) mass is 343 g/mol. The fourth-order valence-corrected chi connectivity index (χ4v) is 3.40. The van der Waals surface area contributed by atoms with Crippen molar-refractivity contribution in [2.45, 2.75) is 17.9 Å². The number of nitrogens with two attached hydrogens (primary N) is 1. The van der Waals surface area contributed by atoms with E-state index in [1.165, 1.54) is 12.1 Å². The number of benzene rings is 1. The van der Waals surface area contributed by atoms with Crippen molar-refractivity contribution in [1.29, 1.82) is 0 Å². The summed E-state index contributed by atoms with van der Waals surface area (Å²) in [6, 6.07) is 6.32. The van der Waals surface area contributed by atoms with E-state index < -0.39 is 10.0 Å². The van der Waals surface area contributed by atoms with Crippen LogP contribution < -0.4 is 15.3 Å². The molecule has 1 aromatic heterocycles. The Morgan fingerprint density at radius 3 is 2.52 bits per heavy atom. The number of hydrogen-bond donors (Lipinski definition) is 3. The van der Waals surface area contributed by atoms with Crippen molar-refractivity contribution in [3.63, 3.8) is 0 Å². The first-order chi connectivity index (χ1) is 9.87. The molecule has 0 spiro atoms. The van der Waals surface area contributed by atoms with Crippen LogP contribution in [0.3, 0.4) is 0 Å². The molecule has 0 aliphatic heterocycles. The maximum Gasteiger partial charge on any atom is 0.304 e. The molecule has 21 heavy (non-hydrogen) atoms. The summed E-state index contributed by atoms with van der Waals surface area (Å²) >= 11 is 5.79. The van der Waals surface area contributed by atoms with Crippen LogP contribution in [0, 0.1) is 0 Å². The van der Waals surface area contributed by atoms with E-state index in [1.807, 2.05) is 0 Å². The van der Waals surface area contributed by atoms with E-state index in [1.54, 1.807) is 17.5 Å². The van der Waals surface area contributed by atoms with E-state index in [4.69, 9.17) is 18.0 Å². The summed E-state index contributed by atoms with van der Waals surface area (Å²) in [6.45, 7) is 0.0374. The molecule has 6 nitrogen and oxygen atoms in total. The van der Waals surface area contributed by atoms with Crippen LogP contribution in [0.4, 0.5) is 0 Å². The Morgan fingerprint density at radius 2 is 2.00 bits per heavy atom. The van der Waals surface area contributed by atoms with Crippen molar-refractivity contribution in [1.82, 2.24) is 9.71 Å². The largest absolute Gasteiger partial charge is 0.393 e. The lowest BCUT2D eigenvalue weighted by molar-refractivity contribution is 0.580. The Labute approximate surface area is 131 Å². The third kappa shape index (κ3) is 4.46. The number of aromatic nitrogens is 1. The van der Waals surface area contributed by atoms with Crippen LogP contribution in [0.2, 0.25) is 0 Å². The highest BCUT2D eigenvalue weighted by atomic mass is 32.2. The summed E-state index contributed by atoms with van der Waals surface area (Å²) in [6.07, 6.45) is 0.430. The molecule has 0 unspecified atom stereocenters. The number of H-pyrrole nitrogens is 1. The molecule has 0 bridgehead atoms. The van der Waals surface area contributed by atoms with Crippen LogP contribution in [-0.2, 0) is 23.0 Å². The third-order valence-electron chi connectivity index (χ3n) is 2.64. The minimum absolute atomic E-state index is 0.0374. The SMILES string of the molecule is NC(=S)Cc1ccc(S(=O)(=O)NCc2csc(=O)[nH]2)cc1. The third-order valence-corrected chi connectivity index (χ3v) is 4.92. The van der Waals surface area contributed by atoms with Crippen molar-refractivity contribution < 1.29 is 8.42 Å². The fraction of sp³-hybridized carbons (Fsp3) is 0.167. The van der Waals surface area contributed by atoms with E-state index in [2.05, 4.69) is 9.71 Å². The number of sulfonamides is 1. The van der Waals surface area contributed by atoms with Crippen LogP contribution in [0.15, 0.2) is 39.3 Å². The number of aromatic amines is 1. The normalized spacial score (nSPS) is 11.4. The molecule has 0 amide bonds. The molecule has 0 saturated carbocycles. The van der Waals surface area contributed by atoms with E-state index >= 15 is 0 Å². The van der Waals surface area contributed by atoms with Gasteiger partial charge in [-0.15, -0.1) is 0 Å². The van der Waals surface area contributed by atoms with Gasteiger partial charge in [-0.2, -0.15) is 0 Å². The van der Waals surface area contributed by atoms with Gasteiger partial charge in [-0.25, -0.2) is 13.1 Å². The lowest BCUT2D eigenvalue weighted by Crippen LogP contribution is -2.23. The molecule has 2 rings (SSSR count). The molecular weight excluding hydrogens is 330 g/mol. The molecule has 112 valence electrons. The van der Waals surface area contributed by atoms with Gasteiger partial charge in [-0.05, 0) is 17.7 Å². The van der Waals surface area contributed by atoms with Gasteiger partial charge in [-0.1, -0.05) is 35.7 Å². The van der Waals surface area contributed by atoms with Gasteiger partial charge >= 0.3 is 4.87 Å². The molecule has 1 heterocycles. The van der Waals surface area contributed by atoms with Crippen molar-refractivity contribution in [2.75, 3.05) is 0 Å².